The maximum Gasteiger partial charge on any atom is 0.302 e. The maximum absolute atomic E-state index is 13.7. The van der Waals surface area contributed by atoms with E-state index in [-0.39, 0.29) is 35.2 Å². The van der Waals surface area contributed by atoms with Crippen LogP contribution in [-0.4, -0.2) is 47.7 Å². The van der Waals surface area contributed by atoms with E-state index in [0.29, 0.717) is 35.9 Å². The van der Waals surface area contributed by atoms with Crippen LogP contribution in [-0.2, 0) is 19.1 Å². The lowest BCUT2D eigenvalue weighted by Crippen LogP contribution is -2.58. The van der Waals surface area contributed by atoms with Gasteiger partial charge in [-0.25, -0.2) is 0 Å². The molecule has 0 aromatic heterocycles. The van der Waals surface area contributed by atoms with Gasteiger partial charge in [0, 0.05) is 43.8 Å². The summed E-state index contributed by atoms with van der Waals surface area (Å²) < 4.78 is 5.57. The zero-order valence-electron chi connectivity index (χ0n) is 19.0. The third kappa shape index (κ3) is 2.87. The van der Waals surface area contributed by atoms with E-state index >= 15 is 0 Å². The number of fused-ring (bicyclic) bond motifs is 5. The Morgan fingerprint density at radius 3 is 2.40 bits per heavy atom. The van der Waals surface area contributed by atoms with Gasteiger partial charge in [-0.05, 0) is 74.5 Å². The summed E-state index contributed by atoms with van der Waals surface area (Å²) in [4.78, 5) is 40.4. The molecule has 0 aromatic carbocycles. The Labute approximate surface area is 180 Å². The second-order valence-corrected chi connectivity index (χ2v) is 11.5. The van der Waals surface area contributed by atoms with E-state index in [1.807, 2.05) is 0 Å². The molecule has 0 unspecified atom stereocenters. The first-order chi connectivity index (χ1) is 14.2. The number of rotatable bonds is 3. The number of hydrogen-bond donors (Lipinski definition) is 0. The highest BCUT2D eigenvalue weighted by Gasteiger charge is 2.67. The molecule has 1 heterocycles. The fourth-order valence-corrected chi connectivity index (χ4v) is 8.74. The molecule has 0 amide bonds. The van der Waals surface area contributed by atoms with Crippen LogP contribution in [0.4, 0.5) is 0 Å². The Morgan fingerprint density at radius 2 is 1.77 bits per heavy atom. The molecule has 166 valence electrons. The van der Waals surface area contributed by atoms with E-state index in [1.165, 1.54) is 6.92 Å². The number of carbonyl (C=O) groups is 3. The minimum atomic E-state index is -0.474. The van der Waals surface area contributed by atoms with Crippen molar-refractivity contribution in [3.05, 3.63) is 0 Å². The predicted octanol–water partition coefficient (Wildman–Crippen LogP) is 3.64. The molecular weight excluding hydrogens is 378 g/mol. The first-order valence-electron chi connectivity index (χ1n) is 12.1. The molecule has 5 nitrogen and oxygen atoms in total. The Bertz CT molecular complexity index is 775. The average molecular weight is 416 g/mol. The van der Waals surface area contributed by atoms with Crippen molar-refractivity contribution in [3.8, 4) is 0 Å². The van der Waals surface area contributed by atoms with Crippen LogP contribution in [0, 0.1) is 40.4 Å². The van der Waals surface area contributed by atoms with Crippen LogP contribution >= 0.6 is 0 Å². The molecule has 4 aliphatic carbocycles. The van der Waals surface area contributed by atoms with Crippen molar-refractivity contribution in [2.24, 2.45) is 40.4 Å². The molecule has 4 saturated carbocycles. The quantitative estimate of drug-likeness (QED) is 0.520. The zero-order valence-corrected chi connectivity index (χ0v) is 19.0. The average Bonchev–Trinajstić information content (AvgIpc) is 3.45. The van der Waals surface area contributed by atoms with Crippen molar-refractivity contribution in [1.82, 2.24) is 4.90 Å². The smallest absolute Gasteiger partial charge is 0.302 e. The molecule has 5 fully saturated rings. The van der Waals surface area contributed by atoms with Gasteiger partial charge < -0.3 is 4.74 Å². The number of Topliss-reactive ketones (excluding diaryl/α,β-unsaturated/α-hetero) is 2. The summed E-state index contributed by atoms with van der Waals surface area (Å²) in [5.74, 6) is 2.10. The van der Waals surface area contributed by atoms with E-state index in [4.69, 9.17) is 4.74 Å². The molecular formula is C25H37NO4. The van der Waals surface area contributed by atoms with E-state index in [1.54, 1.807) is 6.92 Å². The van der Waals surface area contributed by atoms with Gasteiger partial charge >= 0.3 is 5.97 Å². The van der Waals surface area contributed by atoms with Crippen molar-refractivity contribution in [2.45, 2.75) is 84.8 Å². The molecule has 5 heteroatoms. The molecule has 5 aliphatic rings. The molecule has 30 heavy (non-hydrogen) atoms. The maximum atomic E-state index is 13.7. The van der Waals surface area contributed by atoms with Crippen LogP contribution < -0.4 is 0 Å². The van der Waals surface area contributed by atoms with Gasteiger partial charge in [-0.15, -0.1) is 0 Å². The van der Waals surface area contributed by atoms with Gasteiger partial charge in [0.2, 0.25) is 0 Å². The highest BCUT2D eigenvalue weighted by molar-refractivity contribution is 5.94. The number of ketones is 2. The molecule has 0 radical (unpaired) electrons. The summed E-state index contributed by atoms with van der Waals surface area (Å²) in [6.07, 6.45) is 6.92. The summed E-state index contributed by atoms with van der Waals surface area (Å²) in [5.41, 5.74) is -0.321. The van der Waals surface area contributed by atoms with Crippen LogP contribution in [0.15, 0.2) is 0 Å². The molecule has 0 aromatic rings. The number of hydrogen-bond acceptors (Lipinski definition) is 5. The molecule has 1 saturated heterocycles. The third-order valence-corrected chi connectivity index (χ3v) is 10.2. The highest BCUT2D eigenvalue weighted by atomic mass is 16.5. The summed E-state index contributed by atoms with van der Waals surface area (Å²) in [7, 11) is 0. The normalized spacial score (nSPS) is 50.3. The minimum absolute atomic E-state index is 0.0438. The third-order valence-electron chi connectivity index (χ3n) is 10.2. The Kier molecular flexibility index (Phi) is 4.74. The van der Waals surface area contributed by atoms with Gasteiger partial charge in [0.05, 0.1) is 0 Å². The number of carbonyl (C=O) groups excluding carboxylic acids is 3. The van der Waals surface area contributed by atoms with Crippen molar-refractivity contribution in [3.63, 3.8) is 0 Å². The van der Waals surface area contributed by atoms with Crippen LogP contribution in [0.5, 0.6) is 0 Å². The Morgan fingerprint density at radius 1 is 1.03 bits per heavy atom. The zero-order chi connectivity index (χ0) is 21.4. The fourth-order valence-electron chi connectivity index (χ4n) is 8.74. The first-order valence-corrected chi connectivity index (χ1v) is 12.1. The summed E-state index contributed by atoms with van der Waals surface area (Å²) >= 11 is 0. The van der Waals surface area contributed by atoms with Gasteiger partial charge in [-0.3, -0.25) is 19.3 Å². The highest BCUT2D eigenvalue weighted by Crippen LogP contribution is 2.67. The van der Waals surface area contributed by atoms with Gasteiger partial charge in [-0.1, -0.05) is 13.8 Å². The van der Waals surface area contributed by atoms with Crippen LogP contribution in [0.25, 0.3) is 0 Å². The predicted molar refractivity (Wildman–Crippen MR) is 113 cm³/mol. The molecule has 0 bridgehead atoms. The molecule has 0 spiro atoms. The van der Waals surface area contributed by atoms with Crippen LogP contribution in [0.1, 0.15) is 72.6 Å². The second-order valence-electron chi connectivity index (χ2n) is 11.5. The Balaban J connectivity index is 1.43. The van der Waals surface area contributed by atoms with E-state index in [2.05, 4.69) is 18.7 Å². The molecule has 5 rings (SSSR count). The second kappa shape index (κ2) is 6.88. The van der Waals surface area contributed by atoms with Gasteiger partial charge in [0.1, 0.15) is 17.7 Å². The standard InChI is InChI=1S/C25H37NO4/c1-14(27)23-21(26-9-10-26)12-20-18-6-5-16-11-17(30-15(2)28)7-8-24(16,3)19(18)13-22(29)25(20,23)4/h16-21,23H,5-13H2,1-4H3/t16-,17+,18-,19+,20+,21-,23+,24+,25-/m1/s1. The summed E-state index contributed by atoms with van der Waals surface area (Å²) in [6, 6.07) is 0.269. The van der Waals surface area contributed by atoms with Crippen molar-refractivity contribution >= 4 is 17.5 Å². The fraction of sp³-hybridized carbons (Fsp3) is 0.880. The Hall–Kier alpha value is -1.23. The number of ether oxygens (including phenoxy) is 1. The lowest BCUT2D eigenvalue weighted by atomic mass is 9.44. The molecule has 9 atom stereocenters. The van der Waals surface area contributed by atoms with Crippen LogP contribution in [0.3, 0.4) is 0 Å². The summed E-state index contributed by atoms with van der Waals surface area (Å²) in [6.45, 7) is 9.92. The SMILES string of the molecule is CC(=O)O[C@H]1CC[C@@]2(C)[C@H](CC[C@@H]3[C@@H]2CC(=O)[C@@]2(C)[C@H]3C[C@@H](N3CC3)[C@@H]2C(C)=O)C1. The number of nitrogens with zero attached hydrogens (tertiary/aromatic N) is 1. The van der Waals surface area contributed by atoms with Gasteiger partial charge in [-0.2, -0.15) is 0 Å². The lowest BCUT2D eigenvalue weighted by Gasteiger charge is -2.60. The molecule has 0 N–H and O–H groups in total. The summed E-state index contributed by atoms with van der Waals surface area (Å²) in [5, 5.41) is 0. The van der Waals surface area contributed by atoms with Gasteiger partial charge in [0.25, 0.3) is 0 Å². The molecule has 1 aliphatic heterocycles. The minimum Gasteiger partial charge on any atom is -0.463 e. The topological polar surface area (TPSA) is 63.5 Å². The van der Waals surface area contributed by atoms with Crippen molar-refractivity contribution in [2.75, 3.05) is 13.1 Å². The van der Waals surface area contributed by atoms with E-state index < -0.39 is 5.41 Å². The van der Waals surface area contributed by atoms with Crippen molar-refractivity contribution < 1.29 is 19.1 Å². The largest absolute Gasteiger partial charge is 0.463 e. The van der Waals surface area contributed by atoms with E-state index in [0.717, 1.165) is 51.6 Å². The van der Waals surface area contributed by atoms with Crippen LogP contribution in [0.2, 0.25) is 0 Å². The monoisotopic (exact) mass is 415 g/mol. The first kappa shape index (κ1) is 20.7. The van der Waals surface area contributed by atoms with E-state index in [9.17, 15) is 14.4 Å². The number of esters is 1. The lowest BCUT2D eigenvalue weighted by molar-refractivity contribution is -0.167. The van der Waals surface area contributed by atoms with Gasteiger partial charge in [0.15, 0.2) is 0 Å². The van der Waals surface area contributed by atoms with Crippen molar-refractivity contribution in [1.29, 1.82) is 0 Å².